The molecule has 20 heavy (non-hydrogen) atoms. The standard InChI is InChI=1S/C20H24/c1-16(2)7-6-8-17(3)11-12-18-13-14-19-9-4-5-10-20(19)15-18/h4-5,7,9-11,13-15H,6,8,12H2,1-3H3/b17-11+. The van der Waals surface area contributed by atoms with Crippen LogP contribution in [0.1, 0.15) is 39.2 Å². The molecule has 0 aliphatic heterocycles. The maximum absolute atomic E-state index is 2.36. The Bertz CT molecular complexity index is 625. The topological polar surface area (TPSA) is 0 Å². The molecular weight excluding hydrogens is 240 g/mol. The largest absolute Gasteiger partial charge is 0.0856 e. The molecule has 0 unspecified atom stereocenters. The van der Waals surface area contributed by atoms with Gasteiger partial charge in [-0.2, -0.15) is 0 Å². The molecule has 0 amide bonds. The summed E-state index contributed by atoms with van der Waals surface area (Å²) in [6.07, 6.45) is 8.03. The summed E-state index contributed by atoms with van der Waals surface area (Å²) < 4.78 is 0. The van der Waals surface area contributed by atoms with Crippen molar-refractivity contribution in [3.05, 3.63) is 71.3 Å². The third kappa shape index (κ3) is 4.38. The SMILES string of the molecule is CC(C)=CCC/C(C)=C/Cc1ccc2ccccc2c1. The second-order valence-corrected chi connectivity index (χ2v) is 5.76. The van der Waals surface area contributed by atoms with Crippen molar-refractivity contribution >= 4 is 10.8 Å². The molecule has 0 aliphatic rings. The Kier molecular flexibility index (Phi) is 5.17. The van der Waals surface area contributed by atoms with Gasteiger partial charge in [-0.15, -0.1) is 0 Å². The summed E-state index contributed by atoms with van der Waals surface area (Å²) in [7, 11) is 0. The molecule has 0 spiro atoms. The van der Waals surface area contributed by atoms with E-state index in [0.29, 0.717) is 0 Å². The monoisotopic (exact) mass is 264 g/mol. The number of benzene rings is 2. The van der Waals surface area contributed by atoms with Gasteiger partial charge in [0.2, 0.25) is 0 Å². The van der Waals surface area contributed by atoms with Gasteiger partial charge in [0.15, 0.2) is 0 Å². The van der Waals surface area contributed by atoms with Gasteiger partial charge in [0.1, 0.15) is 0 Å². The Morgan fingerprint density at radius 2 is 1.65 bits per heavy atom. The number of hydrogen-bond donors (Lipinski definition) is 0. The summed E-state index contributed by atoms with van der Waals surface area (Å²) in [5, 5.41) is 2.65. The third-order valence-corrected chi connectivity index (χ3v) is 3.59. The van der Waals surface area contributed by atoms with Crippen LogP contribution >= 0.6 is 0 Å². The molecule has 0 saturated carbocycles. The first-order valence-electron chi connectivity index (χ1n) is 7.42. The molecule has 0 bridgehead atoms. The van der Waals surface area contributed by atoms with Gasteiger partial charge < -0.3 is 0 Å². The van der Waals surface area contributed by atoms with Crippen LogP contribution in [0.25, 0.3) is 10.8 Å². The lowest BCUT2D eigenvalue weighted by Crippen LogP contribution is -1.84. The lowest BCUT2D eigenvalue weighted by atomic mass is 10.0. The highest BCUT2D eigenvalue weighted by atomic mass is 14.0. The molecule has 2 rings (SSSR count). The van der Waals surface area contributed by atoms with E-state index in [0.717, 1.165) is 12.8 Å². The molecule has 104 valence electrons. The fourth-order valence-electron chi connectivity index (χ4n) is 2.35. The van der Waals surface area contributed by atoms with Crippen LogP contribution in [0.2, 0.25) is 0 Å². The first-order valence-corrected chi connectivity index (χ1v) is 7.42. The van der Waals surface area contributed by atoms with Gasteiger partial charge in [0.05, 0.1) is 0 Å². The van der Waals surface area contributed by atoms with Crippen LogP contribution in [-0.4, -0.2) is 0 Å². The van der Waals surface area contributed by atoms with Crippen molar-refractivity contribution in [3.8, 4) is 0 Å². The molecule has 0 radical (unpaired) electrons. The van der Waals surface area contributed by atoms with Gasteiger partial charge in [-0.1, -0.05) is 65.8 Å². The zero-order chi connectivity index (χ0) is 14.4. The van der Waals surface area contributed by atoms with E-state index < -0.39 is 0 Å². The van der Waals surface area contributed by atoms with E-state index in [2.05, 4.69) is 75.4 Å². The Balaban J connectivity index is 1.99. The van der Waals surface area contributed by atoms with Crippen LogP contribution in [0, 0.1) is 0 Å². The van der Waals surface area contributed by atoms with Crippen LogP contribution in [-0.2, 0) is 6.42 Å². The van der Waals surface area contributed by atoms with Crippen LogP contribution in [0.15, 0.2) is 65.8 Å². The Labute approximate surface area is 122 Å². The van der Waals surface area contributed by atoms with E-state index in [9.17, 15) is 0 Å². The summed E-state index contributed by atoms with van der Waals surface area (Å²) in [5.41, 5.74) is 4.29. The molecule has 0 fully saturated rings. The molecule has 2 aromatic rings. The second kappa shape index (κ2) is 7.09. The quantitative estimate of drug-likeness (QED) is 0.574. The lowest BCUT2D eigenvalue weighted by Gasteiger charge is -2.03. The minimum atomic E-state index is 1.03. The fraction of sp³-hybridized carbons (Fsp3) is 0.300. The fourth-order valence-corrected chi connectivity index (χ4v) is 2.35. The van der Waals surface area contributed by atoms with Gasteiger partial charge in [0.25, 0.3) is 0 Å². The smallest absolute Gasteiger partial charge is 0.00946 e. The van der Waals surface area contributed by atoms with E-state index >= 15 is 0 Å². The highest BCUT2D eigenvalue weighted by Crippen LogP contribution is 2.17. The van der Waals surface area contributed by atoms with Gasteiger partial charge in [0, 0.05) is 0 Å². The molecule has 0 saturated heterocycles. The van der Waals surface area contributed by atoms with Crippen LogP contribution in [0.3, 0.4) is 0 Å². The maximum atomic E-state index is 2.36. The van der Waals surface area contributed by atoms with Gasteiger partial charge >= 0.3 is 0 Å². The highest BCUT2D eigenvalue weighted by Gasteiger charge is 1.95. The van der Waals surface area contributed by atoms with Crippen molar-refractivity contribution in [2.45, 2.75) is 40.0 Å². The number of hydrogen-bond acceptors (Lipinski definition) is 0. The van der Waals surface area contributed by atoms with E-state index in [-0.39, 0.29) is 0 Å². The van der Waals surface area contributed by atoms with E-state index in [1.54, 1.807) is 0 Å². The summed E-state index contributed by atoms with van der Waals surface area (Å²) in [6, 6.07) is 15.3. The first kappa shape index (κ1) is 14.6. The third-order valence-electron chi connectivity index (χ3n) is 3.59. The van der Waals surface area contributed by atoms with Gasteiger partial charge in [-0.3, -0.25) is 0 Å². The maximum Gasteiger partial charge on any atom is -0.00946 e. The van der Waals surface area contributed by atoms with Crippen LogP contribution in [0.4, 0.5) is 0 Å². The molecule has 0 aromatic heterocycles. The van der Waals surface area contributed by atoms with E-state index in [1.807, 2.05) is 0 Å². The van der Waals surface area contributed by atoms with Crippen molar-refractivity contribution in [1.82, 2.24) is 0 Å². The van der Waals surface area contributed by atoms with Crippen molar-refractivity contribution in [3.63, 3.8) is 0 Å². The van der Waals surface area contributed by atoms with Crippen LogP contribution < -0.4 is 0 Å². The summed E-state index contributed by atoms with van der Waals surface area (Å²) in [6.45, 7) is 6.56. The van der Waals surface area contributed by atoms with Crippen molar-refractivity contribution < 1.29 is 0 Å². The number of rotatable bonds is 5. The van der Waals surface area contributed by atoms with Crippen molar-refractivity contribution in [1.29, 1.82) is 0 Å². The Morgan fingerprint density at radius 3 is 2.40 bits per heavy atom. The molecule has 0 atom stereocenters. The first-order chi connectivity index (χ1) is 9.65. The average molecular weight is 264 g/mol. The van der Waals surface area contributed by atoms with Crippen molar-refractivity contribution in [2.75, 3.05) is 0 Å². The molecule has 0 aliphatic carbocycles. The summed E-state index contributed by atoms with van der Waals surface area (Å²) in [5.74, 6) is 0. The normalized spacial score (nSPS) is 11.7. The number of allylic oxidation sites excluding steroid dienone is 4. The minimum absolute atomic E-state index is 1.03. The number of fused-ring (bicyclic) bond motifs is 1. The predicted molar refractivity (Wildman–Crippen MR) is 90.1 cm³/mol. The van der Waals surface area contributed by atoms with E-state index in [4.69, 9.17) is 0 Å². The second-order valence-electron chi connectivity index (χ2n) is 5.76. The molecule has 0 N–H and O–H groups in total. The molecule has 0 heteroatoms. The average Bonchev–Trinajstić information content (AvgIpc) is 2.44. The van der Waals surface area contributed by atoms with E-state index in [1.165, 1.54) is 33.9 Å². The van der Waals surface area contributed by atoms with Gasteiger partial charge in [-0.25, -0.2) is 0 Å². The predicted octanol–water partition coefficient (Wildman–Crippen LogP) is 6.08. The Morgan fingerprint density at radius 1 is 0.900 bits per heavy atom. The Hall–Kier alpha value is -1.82. The molecule has 0 nitrogen and oxygen atoms in total. The highest BCUT2D eigenvalue weighted by molar-refractivity contribution is 5.83. The lowest BCUT2D eigenvalue weighted by molar-refractivity contribution is 0.956. The zero-order valence-electron chi connectivity index (χ0n) is 12.8. The van der Waals surface area contributed by atoms with Crippen LogP contribution in [0.5, 0.6) is 0 Å². The zero-order valence-corrected chi connectivity index (χ0v) is 12.8. The molecule has 2 aromatic carbocycles. The summed E-state index contributed by atoms with van der Waals surface area (Å²) >= 11 is 0. The molecular formula is C20H24. The molecule has 0 heterocycles. The summed E-state index contributed by atoms with van der Waals surface area (Å²) in [4.78, 5) is 0. The van der Waals surface area contributed by atoms with Crippen molar-refractivity contribution in [2.24, 2.45) is 0 Å². The minimum Gasteiger partial charge on any atom is -0.0856 e. The van der Waals surface area contributed by atoms with Gasteiger partial charge in [-0.05, 0) is 56.4 Å².